The monoisotopic (exact) mass is 320 g/mol. The van der Waals surface area contributed by atoms with Gasteiger partial charge in [-0.1, -0.05) is 11.6 Å². The molecule has 0 spiro atoms. The van der Waals surface area contributed by atoms with Crippen molar-refractivity contribution in [3.63, 3.8) is 0 Å². The largest absolute Gasteiger partial charge is 0.271 e. The summed E-state index contributed by atoms with van der Waals surface area (Å²) in [4.78, 5) is 37.2. The molecule has 22 heavy (non-hydrogen) atoms. The van der Waals surface area contributed by atoms with Crippen LogP contribution in [0.3, 0.4) is 0 Å². The van der Waals surface area contributed by atoms with E-state index in [1.807, 2.05) is 0 Å². The predicted octanol–water partition coefficient (Wildman–Crippen LogP) is 1.72. The maximum atomic E-state index is 11.8. The Bertz CT molecular complexity index is 716. The van der Waals surface area contributed by atoms with Crippen LogP contribution >= 0.6 is 11.6 Å². The van der Waals surface area contributed by atoms with Gasteiger partial charge in [-0.15, -0.1) is 0 Å². The third kappa shape index (κ3) is 3.76. The molecule has 0 unspecified atom stereocenters. The van der Waals surface area contributed by atoms with Crippen LogP contribution < -0.4 is 10.9 Å². The van der Waals surface area contributed by atoms with Gasteiger partial charge in [0.05, 0.1) is 10.5 Å². The average Bonchev–Trinajstić information content (AvgIpc) is 2.53. The van der Waals surface area contributed by atoms with E-state index in [0.29, 0.717) is 0 Å². The van der Waals surface area contributed by atoms with Crippen molar-refractivity contribution >= 4 is 29.1 Å². The van der Waals surface area contributed by atoms with Crippen molar-refractivity contribution in [3.8, 4) is 0 Å². The molecule has 0 atom stereocenters. The number of aromatic nitrogens is 1. The summed E-state index contributed by atoms with van der Waals surface area (Å²) in [5.41, 5.74) is 4.64. The minimum Gasteiger partial charge on any atom is -0.267 e. The summed E-state index contributed by atoms with van der Waals surface area (Å²) in [7, 11) is 0. The highest BCUT2D eigenvalue weighted by molar-refractivity contribution is 6.29. The smallest absolute Gasteiger partial charge is 0.267 e. The summed E-state index contributed by atoms with van der Waals surface area (Å²) in [6, 6.07) is 7.84. The summed E-state index contributed by atoms with van der Waals surface area (Å²) in [5.74, 6) is -1.18. The molecule has 0 aliphatic rings. The number of amides is 2. The Labute approximate surface area is 129 Å². The minimum absolute atomic E-state index is 0.132. The van der Waals surface area contributed by atoms with Crippen LogP contribution in [0.25, 0.3) is 0 Å². The summed E-state index contributed by atoms with van der Waals surface area (Å²) in [5, 5.41) is 10.8. The SMILES string of the molecule is O=C(NNC(=O)c1ccc(Cl)nc1)c1ccc([N+](=O)[O-])cc1. The van der Waals surface area contributed by atoms with E-state index in [1.54, 1.807) is 0 Å². The van der Waals surface area contributed by atoms with Crippen molar-refractivity contribution in [2.75, 3.05) is 0 Å². The molecule has 1 aromatic heterocycles. The number of hydrazine groups is 1. The predicted molar refractivity (Wildman–Crippen MR) is 77.3 cm³/mol. The number of hydrogen-bond acceptors (Lipinski definition) is 5. The van der Waals surface area contributed by atoms with Gasteiger partial charge in [0.15, 0.2) is 0 Å². The molecule has 2 aromatic rings. The van der Waals surface area contributed by atoms with Crippen LogP contribution in [0.1, 0.15) is 20.7 Å². The number of benzene rings is 1. The highest BCUT2D eigenvalue weighted by atomic mass is 35.5. The van der Waals surface area contributed by atoms with E-state index < -0.39 is 16.7 Å². The van der Waals surface area contributed by atoms with Gasteiger partial charge in [0.1, 0.15) is 5.15 Å². The molecule has 1 aromatic carbocycles. The number of nitrogens with one attached hydrogen (secondary N) is 2. The van der Waals surface area contributed by atoms with E-state index in [2.05, 4.69) is 15.8 Å². The van der Waals surface area contributed by atoms with Crippen LogP contribution in [0.2, 0.25) is 5.15 Å². The Balaban J connectivity index is 1.96. The lowest BCUT2D eigenvalue weighted by Crippen LogP contribution is -2.41. The molecule has 1 heterocycles. The van der Waals surface area contributed by atoms with E-state index >= 15 is 0 Å². The van der Waals surface area contributed by atoms with Gasteiger partial charge in [-0.05, 0) is 24.3 Å². The number of carbonyl (C=O) groups is 2. The minimum atomic E-state index is -0.606. The fourth-order valence-electron chi connectivity index (χ4n) is 1.50. The standard InChI is InChI=1S/C13H9ClN4O4/c14-11-6-3-9(7-15-11)13(20)17-16-12(19)8-1-4-10(5-2-8)18(21)22/h1-7H,(H,16,19)(H,17,20). The molecule has 2 N–H and O–H groups in total. The molecule has 2 rings (SSSR count). The van der Waals surface area contributed by atoms with E-state index in [4.69, 9.17) is 11.6 Å². The van der Waals surface area contributed by atoms with Gasteiger partial charge in [-0.25, -0.2) is 4.98 Å². The molecule has 0 fully saturated rings. The fourth-order valence-corrected chi connectivity index (χ4v) is 1.61. The van der Waals surface area contributed by atoms with Gasteiger partial charge in [-0.3, -0.25) is 30.6 Å². The van der Waals surface area contributed by atoms with E-state index in [1.165, 1.54) is 42.6 Å². The Morgan fingerprint density at radius 1 is 1.00 bits per heavy atom. The number of halogens is 1. The van der Waals surface area contributed by atoms with Gasteiger partial charge in [0.25, 0.3) is 17.5 Å². The topological polar surface area (TPSA) is 114 Å². The van der Waals surface area contributed by atoms with Crippen molar-refractivity contribution in [1.82, 2.24) is 15.8 Å². The lowest BCUT2D eigenvalue weighted by molar-refractivity contribution is -0.384. The van der Waals surface area contributed by atoms with E-state index in [0.717, 1.165) is 0 Å². The first-order valence-electron chi connectivity index (χ1n) is 5.94. The van der Waals surface area contributed by atoms with Crippen LogP contribution in [-0.2, 0) is 0 Å². The molecule has 0 saturated heterocycles. The fraction of sp³-hybridized carbons (Fsp3) is 0. The number of nitrogens with zero attached hydrogens (tertiary/aromatic N) is 2. The second-order valence-electron chi connectivity index (χ2n) is 4.08. The van der Waals surface area contributed by atoms with Crippen LogP contribution in [0.4, 0.5) is 5.69 Å². The van der Waals surface area contributed by atoms with Gasteiger partial charge in [-0.2, -0.15) is 0 Å². The van der Waals surface area contributed by atoms with Crippen LogP contribution in [-0.4, -0.2) is 21.7 Å². The molecular formula is C13H9ClN4O4. The van der Waals surface area contributed by atoms with Gasteiger partial charge in [0, 0.05) is 23.9 Å². The highest BCUT2D eigenvalue weighted by Crippen LogP contribution is 2.11. The maximum Gasteiger partial charge on any atom is 0.271 e. The Kier molecular flexibility index (Phi) is 4.64. The second-order valence-corrected chi connectivity index (χ2v) is 4.47. The van der Waals surface area contributed by atoms with Crippen molar-refractivity contribution in [3.05, 3.63) is 69.0 Å². The zero-order valence-corrected chi connectivity index (χ0v) is 11.7. The van der Waals surface area contributed by atoms with Crippen LogP contribution in [0.5, 0.6) is 0 Å². The summed E-state index contributed by atoms with van der Waals surface area (Å²) in [6.07, 6.45) is 1.26. The number of nitro benzene ring substituents is 1. The van der Waals surface area contributed by atoms with Gasteiger partial charge < -0.3 is 0 Å². The Morgan fingerprint density at radius 2 is 1.55 bits per heavy atom. The molecule has 112 valence electrons. The van der Waals surface area contributed by atoms with Crippen molar-refractivity contribution in [2.24, 2.45) is 0 Å². The normalized spacial score (nSPS) is 9.86. The van der Waals surface area contributed by atoms with Crippen molar-refractivity contribution in [2.45, 2.75) is 0 Å². The third-order valence-corrected chi connectivity index (χ3v) is 2.84. The molecule has 0 aliphatic carbocycles. The number of hydrogen-bond donors (Lipinski definition) is 2. The van der Waals surface area contributed by atoms with Gasteiger partial charge >= 0.3 is 0 Å². The zero-order chi connectivity index (χ0) is 16.1. The Morgan fingerprint density at radius 3 is 2.05 bits per heavy atom. The van der Waals surface area contributed by atoms with Gasteiger partial charge in [0.2, 0.25) is 0 Å². The summed E-state index contributed by atoms with van der Waals surface area (Å²) >= 11 is 5.60. The lowest BCUT2D eigenvalue weighted by atomic mass is 10.2. The maximum absolute atomic E-state index is 11.8. The number of nitro groups is 1. The summed E-state index contributed by atoms with van der Waals surface area (Å²) in [6.45, 7) is 0. The van der Waals surface area contributed by atoms with E-state index in [9.17, 15) is 19.7 Å². The second kappa shape index (κ2) is 6.64. The molecule has 9 heteroatoms. The molecule has 2 amide bonds. The first-order valence-corrected chi connectivity index (χ1v) is 6.32. The highest BCUT2D eigenvalue weighted by Gasteiger charge is 2.11. The average molecular weight is 321 g/mol. The number of carbonyl (C=O) groups excluding carboxylic acids is 2. The number of rotatable bonds is 3. The summed E-state index contributed by atoms with van der Waals surface area (Å²) < 4.78 is 0. The van der Waals surface area contributed by atoms with Crippen LogP contribution in [0, 0.1) is 10.1 Å². The first-order chi connectivity index (χ1) is 10.5. The zero-order valence-electron chi connectivity index (χ0n) is 10.9. The first kappa shape index (κ1) is 15.4. The van der Waals surface area contributed by atoms with Crippen molar-refractivity contribution < 1.29 is 14.5 Å². The van der Waals surface area contributed by atoms with Crippen molar-refractivity contribution in [1.29, 1.82) is 0 Å². The van der Waals surface area contributed by atoms with E-state index in [-0.39, 0.29) is 22.0 Å². The Hall–Kier alpha value is -3.00. The molecule has 8 nitrogen and oxygen atoms in total. The molecular weight excluding hydrogens is 312 g/mol. The molecule has 0 radical (unpaired) electrons. The number of pyridine rings is 1. The number of non-ortho nitro benzene ring substituents is 1. The van der Waals surface area contributed by atoms with Crippen LogP contribution in [0.15, 0.2) is 42.6 Å². The quantitative estimate of drug-likeness (QED) is 0.507. The molecule has 0 aliphatic heterocycles. The molecule has 0 bridgehead atoms. The molecule has 0 saturated carbocycles. The third-order valence-electron chi connectivity index (χ3n) is 2.62. The lowest BCUT2D eigenvalue weighted by Gasteiger charge is -2.07.